The second kappa shape index (κ2) is 15.3. The van der Waals surface area contributed by atoms with Crippen LogP contribution in [0, 0.1) is 29.6 Å². The van der Waals surface area contributed by atoms with E-state index in [9.17, 15) is 24.3 Å². The average molecular weight is 795 g/mol. The Labute approximate surface area is 342 Å². The predicted molar refractivity (Wildman–Crippen MR) is 220 cm³/mol. The van der Waals surface area contributed by atoms with Crippen molar-refractivity contribution in [2.45, 2.75) is 25.4 Å². The van der Waals surface area contributed by atoms with Gasteiger partial charge in [-0.3, -0.25) is 29.0 Å². The highest BCUT2D eigenvalue weighted by atomic mass is 16.5. The molecule has 4 aromatic rings. The molecule has 59 heavy (non-hydrogen) atoms. The molecule has 302 valence electrons. The molecule has 1 saturated carbocycles. The highest BCUT2D eigenvalue weighted by Gasteiger charge is 2.62. The van der Waals surface area contributed by atoms with Crippen LogP contribution in [0.2, 0.25) is 0 Å². The van der Waals surface area contributed by atoms with Crippen molar-refractivity contribution >= 4 is 46.4 Å². The van der Waals surface area contributed by atoms with Crippen LogP contribution in [0.25, 0.3) is 0 Å². The molecule has 4 amide bonds. The number of ether oxygens (including phenoxy) is 3. The number of imide groups is 2. The number of carbonyl (C=O) groups is 4. The van der Waals surface area contributed by atoms with E-state index in [1.807, 2.05) is 84.9 Å². The fourth-order valence-electron chi connectivity index (χ4n) is 10.3. The standard InChI is InChI=1S/C47H46N4O8/c52-40-26-34(59-28-29-4-2-1-3-5-29)14-15-36(40)41-35-16-17-37-42(46(55)50(44(37)53)32-10-6-30(7-11-32)48-18-22-57-23-19-48)38(35)27-39-43(41)47(56)51(45(39)54)33-12-8-31(9-13-33)49-20-24-58-25-21-49/h1-16,26,37-39,41-43,52H,17-25,27-28H2/t37-,38+,39+,41+,42-,43+/m0/s1. The van der Waals surface area contributed by atoms with Gasteiger partial charge in [-0.25, -0.2) is 0 Å². The van der Waals surface area contributed by atoms with Crippen LogP contribution in [0.1, 0.15) is 29.9 Å². The largest absolute Gasteiger partial charge is 0.508 e. The molecule has 4 saturated heterocycles. The average Bonchev–Trinajstić information content (AvgIpc) is 3.69. The maximum Gasteiger partial charge on any atom is 0.238 e. The molecule has 6 atom stereocenters. The summed E-state index contributed by atoms with van der Waals surface area (Å²) in [6.45, 7) is 5.90. The number of morpholine rings is 2. The zero-order chi connectivity index (χ0) is 40.2. The molecule has 0 spiro atoms. The van der Waals surface area contributed by atoms with Crippen LogP contribution >= 0.6 is 0 Å². The highest BCUT2D eigenvalue weighted by molar-refractivity contribution is 6.24. The molecule has 4 aliphatic heterocycles. The number of benzene rings is 4. The fraction of sp³-hybridized carbons (Fsp3) is 0.362. The molecule has 0 aromatic heterocycles. The first-order valence-electron chi connectivity index (χ1n) is 20.7. The first kappa shape index (κ1) is 37.3. The summed E-state index contributed by atoms with van der Waals surface area (Å²) in [7, 11) is 0. The minimum atomic E-state index is -0.821. The number of allylic oxidation sites excluding steroid dienone is 2. The monoisotopic (exact) mass is 794 g/mol. The van der Waals surface area contributed by atoms with Crippen molar-refractivity contribution in [3.8, 4) is 11.5 Å². The molecule has 1 N–H and O–H groups in total. The van der Waals surface area contributed by atoms with E-state index in [-0.39, 0.29) is 35.8 Å². The Balaban J connectivity index is 0.983. The van der Waals surface area contributed by atoms with Crippen molar-refractivity contribution in [3.63, 3.8) is 0 Å². The third-order valence-electron chi connectivity index (χ3n) is 13.2. The van der Waals surface area contributed by atoms with Gasteiger partial charge in [-0.2, -0.15) is 0 Å². The molecule has 10 rings (SSSR count). The topological polar surface area (TPSA) is 129 Å². The molecular weight excluding hydrogens is 749 g/mol. The van der Waals surface area contributed by atoms with Gasteiger partial charge >= 0.3 is 0 Å². The normalized spacial score (nSPS) is 26.7. The summed E-state index contributed by atoms with van der Waals surface area (Å²) in [6, 6.07) is 29.8. The minimum Gasteiger partial charge on any atom is -0.508 e. The van der Waals surface area contributed by atoms with Crippen LogP contribution in [-0.2, 0) is 35.3 Å². The Morgan fingerprint density at radius 3 is 1.71 bits per heavy atom. The molecule has 0 radical (unpaired) electrons. The summed E-state index contributed by atoms with van der Waals surface area (Å²) >= 11 is 0. The number of hydrogen-bond acceptors (Lipinski definition) is 10. The quantitative estimate of drug-likeness (QED) is 0.176. The van der Waals surface area contributed by atoms with Crippen LogP contribution in [0.3, 0.4) is 0 Å². The first-order valence-corrected chi connectivity index (χ1v) is 20.7. The molecule has 0 bridgehead atoms. The number of rotatable bonds is 8. The molecule has 0 unspecified atom stereocenters. The van der Waals surface area contributed by atoms with Crippen LogP contribution in [-0.4, -0.2) is 81.3 Å². The Bertz CT molecular complexity index is 2300. The number of phenols is 1. The van der Waals surface area contributed by atoms with E-state index in [0.29, 0.717) is 62.1 Å². The van der Waals surface area contributed by atoms with Crippen LogP contribution in [0.15, 0.2) is 109 Å². The molecule has 6 aliphatic rings. The van der Waals surface area contributed by atoms with Gasteiger partial charge in [-0.1, -0.05) is 48.0 Å². The lowest BCUT2D eigenvalue weighted by atomic mass is 9.57. The fourth-order valence-corrected chi connectivity index (χ4v) is 10.3. The Morgan fingerprint density at radius 1 is 0.593 bits per heavy atom. The van der Waals surface area contributed by atoms with Gasteiger partial charge < -0.3 is 29.1 Å². The molecule has 12 nitrogen and oxygen atoms in total. The third-order valence-corrected chi connectivity index (χ3v) is 13.2. The zero-order valence-corrected chi connectivity index (χ0v) is 32.7. The van der Waals surface area contributed by atoms with Crippen LogP contribution < -0.4 is 24.3 Å². The van der Waals surface area contributed by atoms with E-state index in [0.717, 1.165) is 48.7 Å². The SMILES string of the molecule is O=C1[C@H]2[C@H](CC=C3[C@H]2C[C@H]2C(=O)N(c4ccc(N5CCOCC5)cc4)C(=O)[C@H]2[C@H]3c2ccc(OCc3ccccc3)cc2O)C(=O)N1c1ccc(N2CCOCC2)cc1. The number of amides is 4. The van der Waals surface area contributed by atoms with Gasteiger partial charge in [0.25, 0.3) is 0 Å². The summed E-state index contributed by atoms with van der Waals surface area (Å²) in [4.78, 5) is 65.3. The summed E-state index contributed by atoms with van der Waals surface area (Å²) in [5, 5.41) is 11.8. The van der Waals surface area contributed by atoms with Gasteiger partial charge in [0.2, 0.25) is 23.6 Å². The van der Waals surface area contributed by atoms with Gasteiger partial charge in [0, 0.05) is 55.1 Å². The lowest BCUT2D eigenvalue weighted by molar-refractivity contribution is -0.126. The van der Waals surface area contributed by atoms with E-state index in [1.165, 1.54) is 9.80 Å². The molecule has 4 aromatic carbocycles. The van der Waals surface area contributed by atoms with Gasteiger partial charge in [-0.15, -0.1) is 0 Å². The number of nitrogens with zero attached hydrogens (tertiary/aromatic N) is 4. The van der Waals surface area contributed by atoms with Crippen LogP contribution in [0.4, 0.5) is 22.7 Å². The second-order valence-corrected chi connectivity index (χ2v) is 16.3. The molecule has 2 aliphatic carbocycles. The van der Waals surface area contributed by atoms with E-state index < -0.39 is 35.5 Å². The summed E-state index contributed by atoms with van der Waals surface area (Å²) in [5.74, 6) is -4.96. The van der Waals surface area contributed by atoms with Gasteiger partial charge in [0.05, 0.1) is 61.5 Å². The highest BCUT2D eigenvalue weighted by Crippen LogP contribution is 2.59. The summed E-state index contributed by atoms with van der Waals surface area (Å²) in [6.07, 6.45) is 2.55. The smallest absolute Gasteiger partial charge is 0.238 e. The van der Waals surface area contributed by atoms with Crippen molar-refractivity contribution < 1.29 is 38.5 Å². The molecular formula is C47H46N4O8. The Hall–Kier alpha value is -5.98. The van der Waals surface area contributed by atoms with Gasteiger partial charge in [0.1, 0.15) is 18.1 Å². The van der Waals surface area contributed by atoms with E-state index in [4.69, 9.17) is 14.2 Å². The van der Waals surface area contributed by atoms with E-state index in [1.54, 1.807) is 18.2 Å². The van der Waals surface area contributed by atoms with Crippen molar-refractivity contribution in [1.29, 1.82) is 0 Å². The predicted octanol–water partition coefficient (Wildman–Crippen LogP) is 5.69. The summed E-state index contributed by atoms with van der Waals surface area (Å²) < 4.78 is 17.1. The first-order chi connectivity index (χ1) is 28.9. The number of carbonyl (C=O) groups excluding carboxylic acids is 4. The van der Waals surface area contributed by atoms with Crippen LogP contribution in [0.5, 0.6) is 11.5 Å². The van der Waals surface area contributed by atoms with Crippen molar-refractivity contribution in [1.82, 2.24) is 0 Å². The zero-order valence-electron chi connectivity index (χ0n) is 32.7. The van der Waals surface area contributed by atoms with E-state index >= 15 is 0 Å². The number of fused-ring (bicyclic) bond motifs is 4. The second-order valence-electron chi connectivity index (χ2n) is 16.3. The number of aromatic hydroxyl groups is 1. The Morgan fingerprint density at radius 2 is 1.14 bits per heavy atom. The lowest BCUT2D eigenvalue weighted by Crippen LogP contribution is -2.43. The lowest BCUT2D eigenvalue weighted by Gasteiger charge is -2.44. The number of anilines is 4. The van der Waals surface area contributed by atoms with E-state index in [2.05, 4.69) is 9.80 Å². The molecule has 5 fully saturated rings. The number of hydrogen-bond donors (Lipinski definition) is 1. The van der Waals surface area contributed by atoms with Gasteiger partial charge in [-0.05, 0) is 78.9 Å². The maximum atomic E-state index is 14.8. The Kier molecular flexibility index (Phi) is 9.68. The molecule has 4 heterocycles. The minimum absolute atomic E-state index is 0.0626. The van der Waals surface area contributed by atoms with Gasteiger partial charge in [0.15, 0.2) is 0 Å². The molecule has 12 heteroatoms. The number of phenolic OH excluding ortho intramolecular Hbond substituents is 1. The third kappa shape index (κ3) is 6.54. The van der Waals surface area contributed by atoms with Crippen molar-refractivity contribution in [2.24, 2.45) is 29.6 Å². The van der Waals surface area contributed by atoms with Crippen molar-refractivity contribution in [3.05, 3.63) is 120 Å². The summed E-state index contributed by atoms with van der Waals surface area (Å²) in [5.41, 5.74) is 5.25. The maximum absolute atomic E-state index is 14.8. The van der Waals surface area contributed by atoms with Crippen molar-refractivity contribution in [2.75, 3.05) is 72.2 Å².